The van der Waals surface area contributed by atoms with Gasteiger partial charge in [0, 0.05) is 30.5 Å². The SMILES string of the molecule is CCCCCc1cc2c(c(O)c1C(=O)NCCN(C)C)C1C=C(C)CCC1C(C)(C)O2. The van der Waals surface area contributed by atoms with Crippen molar-refractivity contribution in [1.29, 1.82) is 0 Å². The molecule has 2 aliphatic rings. The van der Waals surface area contributed by atoms with E-state index < -0.39 is 0 Å². The zero-order valence-electron chi connectivity index (χ0n) is 20.2. The lowest BCUT2D eigenvalue weighted by molar-refractivity contribution is 0.0107. The number of likely N-dealkylation sites (N-methyl/N-ethyl adjacent to an activating group) is 1. The lowest BCUT2D eigenvalue weighted by Crippen LogP contribution is -2.45. The molecule has 0 saturated carbocycles. The van der Waals surface area contributed by atoms with Crippen molar-refractivity contribution in [3.05, 3.63) is 34.4 Å². The standard InChI is InChI=1S/C26H40N2O3/c1-7-8-9-10-18-16-21-23(24(29)22(18)25(30)27-13-14-28(5)6)19-15-17(2)11-12-20(19)26(3,4)31-21/h15-16,19-20,29H,7-14H2,1-6H3,(H,27,30). The van der Waals surface area contributed by atoms with Crippen molar-refractivity contribution < 1.29 is 14.6 Å². The molecule has 1 aliphatic heterocycles. The van der Waals surface area contributed by atoms with Crippen LogP contribution in [0.1, 0.15) is 87.2 Å². The van der Waals surface area contributed by atoms with Crippen molar-refractivity contribution in [1.82, 2.24) is 10.2 Å². The number of nitrogens with zero attached hydrogens (tertiary/aromatic N) is 1. The second kappa shape index (κ2) is 9.64. The molecule has 31 heavy (non-hydrogen) atoms. The van der Waals surface area contributed by atoms with E-state index in [1.807, 2.05) is 25.1 Å². The maximum atomic E-state index is 13.2. The van der Waals surface area contributed by atoms with Crippen LogP contribution in [-0.2, 0) is 6.42 Å². The number of aryl methyl sites for hydroxylation is 1. The molecule has 0 fully saturated rings. The molecule has 0 saturated heterocycles. The lowest BCUT2D eigenvalue weighted by Gasteiger charge is -2.46. The zero-order chi connectivity index (χ0) is 22.8. The minimum Gasteiger partial charge on any atom is -0.507 e. The van der Waals surface area contributed by atoms with E-state index in [9.17, 15) is 9.90 Å². The predicted molar refractivity (Wildman–Crippen MR) is 126 cm³/mol. The summed E-state index contributed by atoms with van der Waals surface area (Å²) in [6.07, 6.45) is 8.32. The highest BCUT2D eigenvalue weighted by Crippen LogP contribution is 2.54. The van der Waals surface area contributed by atoms with Crippen LogP contribution < -0.4 is 10.1 Å². The molecule has 2 atom stereocenters. The third-order valence-electron chi connectivity index (χ3n) is 6.85. The summed E-state index contributed by atoms with van der Waals surface area (Å²) in [5.41, 5.74) is 3.15. The maximum Gasteiger partial charge on any atom is 0.255 e. The summed E-state index contributed by atoms with van der Waals surface area (Å²) in [5, 5.41) is 14.5. The van der Waals surface area contributed by atoms with Gasteiger partial charge in [-0.15, -0.1) is 0 Å². The van der Waals surface area contributed by atoms with Crippen molar-refractivity contribution in [2.24, 2.45) is 5.92 Å². The summed E-state index contributed by atoms with van der Waals surface area (Å²) >= 11 is 0. The van der Waals surface area contributed by atoms with Crippen LogP contribution in [0.4, 0.5) is 0 Å². The Hall–Kier alpha value is -2.01. The number of aromatic hydroxyl groups is 1. The molecule has 0 spiro atoms. The first-order valence-electron chi connectivity index (χ1n) is 11.8. The molecule has 1 aromatic rings. The normalized spacial score (nSPS) is 21.7. The number of nitrogens with one attached hydrogen (secondary N) is 1. The number of fused-ring (bicyclic) bond motifs is 3. The van der Waals surface area contributed by atoms with E-state index in [2.05, 4.69) is 39.1 Å². The lowest BCUT2D eigenvalue weighted by atomic mass is 9.67. The van der Waals surface area contributed by atoms with E-state index in [4.69, 9.17) is 4.74 Å². The average Bonchev–Trinajstić information content (AvgIpc) is 2.66. The fraction of sp³-hybridized carbons (Fsp3) is 0.654. The van der Waals surface area contributed by atoms with Gasteiger partial charge in [0.25, 0.3) is 5.91 Å². The fourth-order valence-electron chi connectivity index (χ4n) is 5.11. The highest BCUT2D eigenvalue weighted by atomic mass is 16.5. The van der Waals surface area contributed by atoms with Gasteiger partial charge in [0.15, 0.2) is 0 Å². The first-order chi connectivity index (χ1) is 14.7. The van der Waals surface area contributed by atoms with Gasteiger partial charge in [-0.25, -0.2) is 0 Å². The average molecular weight is 429 g/mol. The van der Waals surface area contributed by atoms with Gasteiger partial charge < -0.3 is 20.1 Å². The molecule has 172 valence electrons. The smallest absolute Gasteiger partial charge is 0.255 e. The summed E-state index contributed by atoms with van der Waals surface area (Å²) in [4.78, 5) is 15.2. The molecule has 1 aromatic carbocycles. The van der Waals surface area contributed by atoms with E-state index in [1.165, 1.54) is 5.57 Å². The Kier molecular flexibility index (Phi) is 7.35. The van der Waals surface area contributed by atoms with Crippen LogP contribution in [0.25, 0.3) is 0 Å². The van der Waals surface area contributed by atoms with E-state index in [0.717, 1.165) is 61.9 Å². The van der Waals surface area contributed by atoms with Crippen molar-refractivity contribution in [2.75, 3.05) is 27.2 Å². The third-order valence-corrected chi connectivity index (χ3v) is 6.85. The molecule has 0 aromatic heterocycles. The molecule has 2 N–H and O–H groups in total. The minimum atomic E-state index is -0.308. The number of rotatable bonds is 8. The summed E-state index contributed by atoms with van der Waals surface area (Å²) in [5.74, 6) is 1.02. The summed E-state index contributed by atoms with van der Waals surface area (Å²) < 4.78 is 6.47. The molecule has 1 aliphatic carbocycles. The summed E-state index contributed by atoms with van der Waals surface area (Å²) in [6, 6.07) is 2.03. The second-order valence-corrected chi connectivity index (χ2v) is 10.1. The number of phenolic OH excluding ortho intramolecular Hbond substituents is 1. The summed E-state index contributed by atoms with van der Waals surface area (Å²) in [6.45, 7) is 9.93. The van der Waals surface area contributed by atoms with Gasteiger partial charge in [-0.2, -0.15) is 0 Å². The van der Waals surface area contributed by atoms with E-state index in [1.54, 1.807) is 0 Å². The number of phenols is 1. The molecule has 1 heterocycles. The Morgan fingerprint density at radius 2 is 2.06 bits per heavy atom. The zero-order valence-corrected chi connectivity index (χ0v) is 20.2. The van der Waals surface area contributed by atoms with Crippen LogP contribution in [0.15, 0.2) is 17.7 Å². The number of hydrogen-bond acceptors (Lipinski definition) is 4. The number of amides is 1. The van der Waals surface area contributed by atoms with Gasteiger partial charge in [-0.1, -0.05) is 31.4 Å². The number of ether oxygens (including phenoxy) is 1. The molecule has 3 rings (SSSR count). The van der Waals surface area contributed by atoms with Crippen LogP contribution in [0.2, 0.25) is 0 Å². The quantitative estimate of drug-likeness (QED) is 0.450. The number of benzene rings is 1. The Bertz CT molecular complexity index is 842. The number of hydrogen-bond donors (Lipinski definition) is 2. The molecule has 1 amide bonds. The highest BCUT2D eigenvalue weighted by molar-refractivity contribution is 5.99. The van der Waals surface area contributed by atoms with Crippen LogP contribution in [0.3, 0.4) is 0 Å². The van der Waals surface area contributed by atoms with E-state index >= 15 is 0 Å². The van der Waals surface area contributed by atoms with Crippen LogP contribution in [0.5, 0.6) is 11.5 Å². The topological polar surface area (TPSA) is 61.8 Å². The number of carbonyl (C=O) groups excluding carboxylic acids is 1. The predicted octanol–water partition coefficient (Wildman–Crippen LogP) is 5.03. The van der Waals surface area contributed by atoms with Crippen LogP contribution in [0, 0.1) is 5.92 Å². The molecule has 0 bridgehead atoms. The van der Waals surface area contributed by atoms with Gasteiger partial charge in [-0.3, -0.25) is 4.79 Å². The van der Waals surface area contributed by atoms with Crippen LogP contribution in [-0.4, -0.2) is 48.7 Å². The number of allylic oxidation sites excluding steroid dienone is 2. The Labute approximate surface area is 187 Å². The van der Waals surface area contributed by atoms with Crippen molar-refractivity contribution in [2.45, 2.75) is 77.7 Å². The third kappa shape index (κ3) is 5.08. The van der Waals surface area contributed by atoms with Gasteiger partial charge in [0.2, 0.25) is 0 Å². The van der Waals surface area contributed by atoms with Crippen molar-refractivity contribution in [3.63, 3.8) is 0 Å². The van der Waals surface area contributed by atoms with E-state index in [0.29, 0.717) is 12.1 Å². The summed E-state index contributed by atoms with van der Waals surface area (Å²) in [7, 11) is 3.96. The maximum absolute atomic E-state index is 13.2. The Morgan fingerprint density at radius 1 is 1.32 bits per heavy atom. The number of carbonyl (C=O) groups is 1. The molecule has 0 radical (unpaired) electrons. The van der Waals surface area contributed by atoms with Gasteiger partial charge in [-0.05, 0) is 72.2 Å². The van der Waals surface area contributed by atoms with Crippen molar-refractivity contribution in [3.8, 4) is 11.5 Å². The second-order valence-electron chi connectivity index (χ2n) is 10.1. The van der Waals surface area contributed by atoms with Crippen LogP contribution >= 0.6 is 0 Å². The van der Waals surface area contributed by atoms with E-state index in [-0.39, 0.29) is 29.1 Å². The largest absolute Gasteiger partial charge is 0.507 e. The highest BCUT2D eigenvalue weighted by Gasteiger charge is 2.46. The first-order valence-corrected chi connectivity index (χ1v) is 11.8. The van der Waals surface area contributed by atoms with Gasteiger partial charge >= 0.3 is 0 Å². The molecule has 5 heteroatoms. The molecule has 5 nitrogen and oxygen atoms in total. The minimum absolute atomic E-state index is 0.0746. The van der Waals surface area contributed by atoms with Gasteiger partial charge in [0.05, 0.1) is 5.56 Å². The Balaban J connectivity index is 2.06. The van der Waals surface area contributed by atoms with Crippen molar-refractivity contribution >= 4 is 5.91 Å². The monoisotopic (exact) mass is 428 g/mol. The molecular weight excluding hydrogens is 388 g/mol. The fourth-order valence-corrected chi connectivity index (χ4v) is 5.11. The first kappa shape index (κ1) is 23.6. The molecule has 2 unspecified atom stereocenters. The van der Waals surface area contributed by atoms with Gasteiger partial charge in [0.1, 0.15) is 17.1 Å². The Morgan fingerprint density at radius 3 is 2.74 bits per heavy atom. The number of unbranched alkanes of at least 4 members (excludes halogenated alkanes) is 2. The molecular formula is C26H40N2O3.